The summed E-state index contributed by atoms with van der Waals surface area (Å²) in [5.74, 6) is -2.71. The van der Waals surface area contributed by atoms with E-state index in [1.807, 2.05) is 0 Å². The SMILES string of the molecule is COc1cc(C(=O)C=Cc2ccc(F)c(F)c2)ccc1OC(F)F. The van der Waals surface area contributed by atoms with Crippen LogP contribution in [0, 0.1) is 11.6 Å². The van der Waals surface area contributed by atoms with Crippen molar-refractivity contribution < 1.29 is 31.8 Å². The van der Waals surface area contributed by atoms with Crippen LogP contribution in [0.4, 0.5) is 17.6 Å². The standard InChI is InChI=1S/C17H12F4O3/c1-23-16-9-11(4-7-15(16)24-17(20)21)14(22)6-3-10-2-5-12(18)13(19)8-10/h2-9,17H,1H3. The topological polar surface area (TPSA) is 35.5 Å². The van der Waals surface area contributed by atoms with Gasteiger partial charge in [0.05, 0.1) is 7.11 Å². The smallest absolute Gasteiger partial charge is 0.387 e. The Morgan fingerprint density at radius 1 is 1.04 bits per heavy atom. The van der Waals surface area contributed by atoms with Crippen molar-refractivity contribution >= 4 is 11.9 Å². The van der Waals surface area contributed by atoms with Gasteiger partial charge in [-0.2, -0.15) is 8.78 Å². The van der Waals surface area contributed by atoms with Gasteiger partial charge in [0, 0.05) is 5.56 Å². The van der Waals surface area contributed by atoms with Gasteiger partial charge in [0.15, 0.2) is 28.9 Å². The number of carbonyl (C=O) groups is 1. The van der Waals surface area contributed by atoms with Crippen molar-refractivity contribution in [1.29, 1.82) is 0 Å². The van der Waals surface area contributed by atoms with Crippen molar-refractivity contribution in [3.8, 4) is 11.5 Å². The zero-order valence-corrected chi connectivity index (χ0v) is 12.4. The second-order valence-corrected chi connectivity index (χ2v) is 4.62. The van der Waals surface area contributed by atoms with Gasteiger partial charge in [-0.05, 0) is 42.0 Å². The lowest BCUT2D eigenvalue weighted by Crippen LogP contribution is -2.04. The van der Waals surface area contributed by atoms with Crippen LogP contribution < -0.4 is 9.47 Å². The first-order chi connectivity index (χ1) is 11.4. The number of hydrogen-bond donors (Lipinski definition) is 0. The fourth-order valence-corrected chi connectivity index (χ4v) is 1.90. The minimum atomic E-state index is -3.02. The van der Waals surface area contributed by atoms with E-state index in [-0.39, 0.29) is 17.1 Å². The summed E-state index contributed by atoms with van der Waals surface area (Å²) in [4.78, 5) is 12.1. The Morgan fingerprint density at radius 2 is 1.79 bits per heavy atom. The van der Waals surface area contributed by atoms with E-state index in [1.54, 1.807) is 0 Å². The van der Waals surface area contributed by atoms with E-state index in [0.717, 1.165) is 18.2 Å². The predicted molar refractivity (Wildman–Crippen MR) is 79.3 cm³/mol. The van der Waals surface area contributed by atoms with E-state index in [9.17, 15) is 22.4 Å². The number of ketones is 1. The molecule has 126 valence electrons. The maximum absolute atomic E-state index is 13.1. The molecule has 0 heterocycles. The summed E-state index contributed by atoms with van der Waals surface area (Å²) in [5.41, 5.74) is 0.458. The second-order valence-electron chi connectivity index (χ2n) is 4.62. The third kappa shape index (κ3) is 4.34. The minimum absolute atomic E-state index is 0.0256. The summed E-state index contributed by atoms with van der Waals surface area (Å²) in [6, 6.07) is 6.91. The first-order valence-corrected chi connectivity index (χ1v) is 6.71. The molecule has 0 aliphatic rings. The molecule has 0 saturated carbocycles. The number of carbonyl (C=O) groups excluding carboxylic acids is 1. The van der Waals surface area contributed by atoms with Gasteiger partial charge in [0.1, 0.15) is 0 Å². The van der Waals surface area contributed by atoms with E-state index in [4.69, 9.17) is 4.74 Å². The molecular weight excluding hydrogens is 328 g/mol. The summed E-state index contributed by atoms with van der Waals surface area (Å²) in [7, 11) is 1.25. The molecule has 0 radical (unpaired) electrons. The number of ether oxygens (including phenoxy) is 2. The maximum Gasteiger partial charge on any atom is 0.387 e. The number of hydrogen-bond acceptors (Lipinski definition) is 3. The molecule has 2 rings (SSSR count). The highest BCUT2D eigenvalue weighted by Gasteiger charge is 2.13. The summed E-state index contributed by atoms with van der Waals surface area (Å²) < 4.78 is 59.6. The van der Waals surface area contributed by atoms with Crippen LogP contribution in [0.1, 0.15) is 15.9 Å². The molecule has 2 aromatic rings. The largest absolute Gasteiger partial charge is 0.493 e. The maximum atomic E-state index is 13.1. The Balaban J connectivity index is 2.19. The Hall–Kier alpha value is -2.83. The molecule has 0 spiro atoms. The molecular formula is C17H12F4O3. The highest BCUT2D eigenvalue weighted by molar-refractivity contribution is 6.07. The molecule has 0 aromatic heterocycles. The van der Waals surface area contributed by atoms with Gasteiger partial charge in [-0.15, -0.1) is 0 Å². The summed E-state index contributed by atoms with van der Waals surface area (Å²) in [6.07, 6.45) is 2.45. The van der Waals surface area contributed by atoms with E-state index < -0.39 is 24.0 Å². The Labute approximate surface area is 135 Å². The van der Waals surface area contributed by atoms with Crippen LogP contribution in [0.2, 0.25) is 0 Å². The van der Waals surface area contributed by atoms with Crippen LogP contribution in [0.5, 0.6) is 11.5 Å². The molecule has 24 heavy (non-hydrogen) atoms. The fraction of sp³-hybridized carbons (Fsp3) is 0.118. The first kappa shape index (κ1) is 17.5. The molecule has 0 saturated heterocycles. The van der Waals surface area contributed by atoms with Gasteiger partial charge in [-0.3, -0.25) is 4.79 Å². The Kier molecular flexibility index (Phi) is 5.57. The van der Waals surface area contributed by atoms with Crippen molar-refractivity contribution in [2.24, 2.45) is 0 Å². The van der Waals surface area contributed by atoms with Crippen LogP contribution in [-0.2, 0) is 0 Å². The summed E-state index contributed by atoms with van der Waals surface area (Å²) in [5, 5.41) is 0. The molecule has 0 bridgehead atoms. The van der Waals surface area contributed by atoms with E-state index in [0.29, 0.717) is 5.56 Å². The zero-order chi connectivity index (χ0) is 17.7. The molecule has 0 aliphatic heterocycles. The van der Waals surface area contributed by atoms with Gasteiger partial charge in [0.25, 0.3) is 0 Å². The van der Waals surface area contributed by atoms with Gasteiger partial charge in [-0.25, -0.2) is 8.78 Å². The molecule has 7 heteroatoms. The van der Waals surface area contributed by atoms with Crippen molar-refractivity contribution in [1.82, 2.24) is 0 Å². The lowest BCUT2D eigenvalue weighted by molar-refractivity contribution is -0.0512. The van der Waals surface area contributed by atoms with E-state index >= 15 is 0 Å². The number of halogens is 4. The highest BCUT2D eigenvalue weighted by atomic mass is 19.3. The van der Waals surface area contributed by atoms with Crippen LogP contribution in [-0.4, -0.2) is 19.5 Å². The van der Waals surface area contributed by atoms with Gasteiger partial charge in [0.2, 0.25) is 0 Å². The molecule has 0 fully saturated rings. The van der Waals surface area contributed by atoms with Gasteiger partial charge >= 0.3 is 6.61 Å². The molecule has 0 aliphatic carbocycles. The average Bonchev–Trinajstić information content (AvgIpc) is 2.55. The molecule has 0 atom stereocenters. The minimum Gasteiger partial charge on any atom is -0.493 e. The van der Waals surface area contributed by atoms with Crippen molar-refractivity contribution in [3.63, 3.8) is 0 Å². The zero-order valence-electron chi connectivity index (χ0n) is 12.4. The molecule has 3 nitrogen and oxygen atoms in total. The van der Waals surface area contributed by atoms with Crippen molar-refractivity contribution in [2.75, 3.05) is 7.11 Å². The lowest BCUT2D eigenvalue weighted by atomic mass is 10.1. The Morgan fingerprint density at radius 3 is 2.42 bits per heavy atom. The number of rotatable bonds is 6. The first-order valence-electron chi connectivity index (χ1n) is 6.71. The summed E-state index contributed by atoms with van der Waals surface area (Å²) >= 11 is 0. The number of allylic oxidation sites excluding steroid dienone is 1. The third-order valence-electron chi connectivity index (χ3n) is 3.04. The van der Waals surface area contributed by atoms with Crippen molar-refractivity contribution in [2.45, 2.75) is 6.61 Å². The average molecular weight is 340 g/mol. The second kappa shape index (κ2) is 7.63. The van der Waals surface area contributed by atoms with Crippen LogP contribution in [0.3, 0.4) is 0 Å². The highest BCUT2D eigenvalue weighted by Crippen LogP contribution is 2.29. The van der Waals surface area contributed by atoms with Crippen LogP contribution in [0.15, 0.2) is 42.5 Å². The lowest BCUT2D eigenvalue weighted by Gasteiger charge is -2.10. The summed E-state index contributed by atoms with van der Waals surface area (Å²) in [6.45, 7) is -3.02. The number of methoxy groups -OCH3 is 1. The van der Waals surface area contributed by atoms with E-state index in [1.165, 1.54) is 37.5 Å². The van der Waals surface area contributed by atoms with Crippen LogP contribution in [0.25, 0.3) is 6.08 Å². The molecule has 0 amide bonds. The quantitative estimate of drug-likeness (QED) is 0.442. The normalized spacial score (nSPS) is 11.1. The van der Waals surface area contributed by atoms with Crippen molar-refractivity contribution in [3.05, 3.63) is 65.2 Å². The van der Waals surface area contributed by atoms with Crippen LogP contribution >= 0.6 is 0 Å². The molecule has 2 aromatic carbocycles. The molecule has 0 unspecified atom stereocenters. The Bertz CT molecular complexity index is 772. The predicted octanol–water partition coefficient (Wildman–Crippen LogP) is 4.47. The number of benzene rings is 2. The number of alkyl halides is 2. The third-order valence-corrected chi connectivity index (χ3v) is 3.04. The fourth-order valence-electron chi connectivity index (χ4n) is 1.90. The molecule has 0 N–H and O–H groups in total. The van der Waals surface area contributed by atoms with E-state index in [2.05, 4.69) is 4.74 Å². The van der Waals surface area contributed by atoms with Gasteiger partial charge in [-0.1, -0.05) is 12.1 Å². The van der Waals surface area contributed by atoms with Gasteiger partial charge < -0.3 is 9.47 Å². The monoisotopic (exact) mass is 340 g/mol.